The Kier molecular flexibility index (Phi) is 7.96. The van der Waals surface area contributed by atoms with Crippen LogP contribution in [0.3, 0.4) is 0 Å². The Hall–Kier alpha value is -1.59. The van der Waals surface area contributed by atoms with Gasteiger partial charge in [-0.05, 0) is 61.0 Å². The Balaban J connectivity index is 2.06. The number of carbonyl (C=O) groups excluding carboxylic acids is 1. The molecule has 3 aromatic rings. The summed E-state index contributed by atoms with van der Waals surface area (Å²) in [6.07, 6.45) is 0.214. The molecule has 0 heterocycles. The van der Waals surface area contributed by atoms with Gasteiger partial charge in [-0.1, -0.05) is 53.5 Å². The maximum atomic E-state index is 12.6. The molecule has 0 saturated carbocycles. The molecule has 0 bridgehead atoms. The molecular weight excluding hydrogens is 443 g/mol. The number of esters is 1. The van der Waals surface area contributed by atoms with Crippen LogP contribution < -0.4 is 0 Å². The monoisotopic (exact) mass is 462 g/mol. The molecule has 150 valence electrons. The van der Waals surface area contributed by atoms with Crippen molar-refractivity contribution in [1.82, 2.24) is 0 Å². The van der Waals surface area contributed by atoms with Crippen molar-refractivity contribution in [3.8, 4) is 0 Å². The molecule has 0 radical (unpaired) electrons. The number of hydrogen-bond donors (Lipinski definition) is 0. The molecule has 0 unspecified atom stereocenters. The van der Waals surface area contributed by atoms with Crippen LogP contribution in [-0.2, 0) is 13.6 Å². The molecule has 0 fully saturated rings. The molecule has 0 N–H and O–H groups in total. The van der Waals surface area contributed by atoms with Gasteiger partial charge >= 0.3 is 5.97 Å². The van der Waals surface area contributed by atoms with Gasteiger partial charge in [0.2, 0.25) is 0 Å². The molecule has 0 amide bonds. The Bertz CT molecular complexity index is 882. The fourth-order valence-corrected chi connectivity index (χ4v) is 5.98. The normalized spacial score (nSPS) is 11.3. The van der Waals surface area contributed by atoms with Crippen molar-refractivity contribution in [1.29, 1.82) is 0 Å². The number of carbonyl (C=O) groups is 1. The minimum atomic E-state index is -0.616. The van der Waals surface area contributed by atoms with E-state index in [2.05, 4.69) is 0 Å². The second-order valence-electron chi connectivity index (χ2n) is 6.21. The first-order valence-electron chi connectivity index (χ1n) is 9.11. The van der Waals surface area contributed by atoms with Gasteiger partial charge in [-0.2, -0.15) is 0 Å². The Morgan fingerprint density at radius 1 is 0.828 bits per heavy atom. The predicted molar refractivity (Wildman–Crippen MR) is 124 cm³/mol. The third kappa shape index (κ3) is 6.19. The van der Waals surface area contributed by atoms with E-state index in [4.69, 9.17) is 27.9 Å². The standard InChI is InChI=1S/C23H20Cl2O2S2/c1-2-27-22(26)16-23(17-6-4-3-5-7-17,28-20-12-8-18(24)9-13-20)29-21-14-10-19(25)11-15-21/h3-15H,2,16H2,1H3. The van der Waals surface area contributed by atoms with Crippen molar-refractivity contribution in [2.24, 2.45) is 0 Å². The van der Waals surface area contributed by atoms with Crippen LogP contribution in [0.25, 0.3) is 0 Å². The zero-order chi connectivity index (χ0) is 20.7. The Morgan fingerprint density at radius 2 is 1.31 bits per heavy atom. The van der Waals surface area contributed by atoms with E-state index in [1.54, 1.807) is 23.5 Å². The van der Waals surface area contributed by atoms with Gasteiger partial charge in [-0.3, -0.25) is 4.79 Å². The van der Waals surface area contributed by atoms with Crippen molar-refractivity contribution in [3.05, 3.63) is 94.5 Å². The summed E-state index contributed by atoms with van der Waals surface area (Å²) >= 11 is 15.4. The van der Waals surface area contributed by atoms with E-state index in [0.717, 1.165) is 15.4 Å². The molecule has 0 aliphatic carbocycles. The number of ether oxygens (including phenoxy) is 1. The summed E-state index contributed by atoms with van der Waals surface area (Å²) in [5.74, 6) is -0.237. The van der Waals surface area contributed by atoms with Gasteiger partial charge in [0.05, 0.1) is 13.0 Å². The van der Waals surface area contributed by atoms with E-state index in [1.165, 1.54) is 0 Å². The molecule has 0 saturated heterocycles. The highest BCUT2D eigenvalue weighted by Gasteiger charge is 2.38. The number of hydrogen-bond acceptors (Lipinski definition) is 4. The molecule has 0 atom stereocenters. The lowest BCUT2D eigenvalue weighted by atomic mass is 10.1. The third-order valence-corrected chi connectivity index (χ3v) is 7.53. The van der Waals surface area contributed by atoms with Gasteiger partial charge in [-0.15, -0.1) is 23.5 Å². The molecule has 0 aromatic heterocycles. The minimum absolute atomic E-state index is 0.214. The molecule has 2 nitrogen and oxygen atoms in total. The average Bonchev–Trinajstić information content (AvgIpc) is 2.72. The minimum Gasteiger partial charge on any atom is -0.466 e. The second kappa shape index (κ2) is 10.4. The maximum Gasteiger partial charge on any atom is 0.308 e. The fourth-order valence-electron chi connectivity index (χ4n) is 2.79. The van der Waals surface area contributed by atoms with Crippen molar-refractivity contribution in [3.63, 3.8) is 0 Å². The van der Waals surface area contributed by atoms with Crippen LogP contribution in [-0.4, -0.2) is 12.6 Å². The van der Waals surface area contributed by atoms with Crippen molar-refractivity contribution in [2.75, 3.05) is 6.61 Å². The first-order valence-corrected chi connectivity index (χ1v) is 11.5. The predicted octanol–water partition coefficient (Wildman–Crippen LogP) is 7.68. The van der Waals surface area contributed by atoms with E-state index in [0.29, 0.717) is 16.7 Å². The van der Waals surface area contributed by atoms with Crippen LogP contribution in [0.2, 0.25) is 10.0 Å². The van der Waals surface area contributed by atoms with Crippen LogP contribution in [0.15, 0.2) is 88.7 Å². The van der Waals surface area contributed by atoms with Gasteiger partial charge in [0.15, 0.2) is 0 Å². The summed E-state index contributed by atoms with van der Waals surface area (Å²) in [7, 11) is 0. The first-order chi connectivity index (χ1) is 14.0. The molecular formula is C23H20Cl2O2S2. The van der Waals surface area contributed by atoms with E-state index in [9.17, 15) is 4.79 Å². The summed E-state index contributed by atoms with van der Waals surface area (Å²) in [5.41, 5.74) is 1.04. The highest BCUT2D eigenvalue weighted by molar-refractivity contribution is 8.17. The molecule has 0 aliphatic heterocycles. The maximum absolute atomic E-state index is 12.6. The van der Waals surface area contributed by atoms with Crippen molar-refractivity contribution in [2.45, 2.75) is 27.2 Å². The van der Waals surface area contributed by atoms with Gasteiger partial charge in [0.1, 0.15) is 4.08 Å². The summed E-state index contributed by atoms with van der Waals surface area (Å²) < 4.78 is 4.71. The van der Waals surface area contributed by atoms with Gasteiger partial charge < -0.3 is 4.74 Å². The van der Waals surface area contributed by atoms with Crippen LogP contribution in [0, 0.1) is 0 Å². The van der Waals surface area contributed by atoms with Gasteiger partial charge in [-0.25, -0.2) is 0 Å². The fraction of sp³-hybridized carbons (Fsp3) is 0.174. The molecule has 3 aromatic carbocycles. The molecule has 0 spiro atoms. The number of thioether (sulfide) groups is 2. The van der Waals surface area contributed by atoms with Crippen molar-refractivity contribution < 1.29 is 9.53 Å². The zero-order valence-corrected chi connectivity index (χ0v) is 19.0. The lowest BCUT2D eigenvalue weighted by Crippen LogP contribution is -2.23. The van der Waals surface area contributed by atoms with E-state index in [-0.39, 0.29) is 12.4 Å². The highest BCUT2D eigenvalue weighted by atomic mass is 35.5. The van der Waals surface area contributed by atoms with Gasteiger partial charge in [0, 0.05) is 19.8 Å². The van der Waals surface area contributed by atoms with Crippen LogP contribution >= 0.6 is 46.7 Å². The van der Waals surface area contributed by atoms with E-state index >= 15 is 0 Å². The largest absolute Gasteiger partial charge is 0.466 e. The average molecular weight is 463 g/mol. The highest BCUT2D eigenvalue weighted by Crippen LogP contribution is 2.55. The summed E-state index contributed by atoms with van der Waals surface area (Å²) in [6.45, 7) is 2.17. The third-order valence-electron chi connectivity index (χ3n) is 4.09. The lowest BCUT2D eigenvalue weighted by Gasteiger charge is -2.32. The molecule has 6 heteroatoms. The Labute approximate surface area is 189 Å². The van der Waals surface area contributed by atoms with Gasteiger partial charge in [0.25, 0.3) is 0 Å². The summed E-state index contributed by atoms with van der Waals surface area (Å²) in [4.78, 5) is 14.7. The van der Waals surface area contributed by atoms with Crippen LogP contribution in [0.4, 0.5) is 0 Å². The molecule has 3 rings (SSSR count). The van der Waals surface area contributed by atoms with E-state index < -0.39 is 4.08 Å². The quantitative estimate of drug-likeness (QED) is 0.194. The lowest BCUT2D eigenvalue weighted by molar-refractivity contribution is -0.143. The van der Waals surface area contributed by atoms with E-state index in [1.807, 2.05) is 85.8 Å². The molecule has 29 heavy (non-hydrogen) atoms. The summed E-state index contributed by atoms with van der Waals surface area (Å²) in [5, 5.41) is 1.35. The molecule has 0 aliphatic rings. The van der Waals surface area contributed by atoms with Crippen molar-refractivity contribution >= 4 is 52.7 Å². The SMILES string of the molecule is CCOC(=O)CC(Sc1ccc(Cl)cc1)(Sc1ccc(Cl)cc1)c1ccccc1. The number of rotatable bonds is 8. The second-order valence-corrected chi connectivity index (χ2v) is 10.1. The number of benzene rings is 3. The van der Waals surface area contributed by atoms with Crippen LogP contribution in [0.1, 0.15) is 18.9 Å². The number of halogens is 2. The smallest absolute Gasteiger partial charge is 0.308 e. The first kappa shape index (κ1) is 22.1. The topological polar surface area (TPSA) is 26.3 Å². The summed E-state index contributed by atoms with van der Waals surface area (Å²) in [6, 6.07) is 25.4. The Morgan fingerprint density at radius 3 is 1.76 bits per heavy atom. The zero-order valence-electron chi connectivity index (χ0n) is 15.8. The van der Waals surface area contributed by atoms with Crippen LogP contribution in [0.5, 0.6) is 0 Å².